The van der Waals surface area contributed by atoms with Crippen molar-refractivity contribution in [2.75, 3.05) is 32.1 Å². The van der Waals surface area contributed by atoms with Crippen LogP contribution in [-0.2, 0) is 6.42 Å². The van der Waals surface area contributed by atoms with Gasteiger partial charge in [-0.05, 0) is 50.3 Å². The molecule has 0 spiro atoms. The van der Waals surface area contributed by atoms with Crippen molar-refractivity contribution in [3.8, 4) is 0 Å². The van der Waals surface area contributed by atoms with Gasteiger partial charge in [0.25, 0.3) is 5.91 Å². The van der Waals surface area contributed by atoms with Crippen LogP contribution in [0.2, 0.25) is 0 Å². The van der Waals surface area contributed by atoms with E-state index in [0.717, 1.165) is 16.6 Å². The van der Waals surface area contributed by atoms with E-state index < -0.39 is 0 Å². The van der Waals surface area contributed by atoms with Crippen molar-refractivity contribution in [1.29, 1.82) is 0 Å². The number of hydrogen-bond donors (Lipinski definition) is 0. The number of nitrogens with zero attached hydrogens (tertiary/aromatic N) is 3. The molecule has 7 heteroatoms. The SMILES string of the molecule is CCc1ccc2nc(N(CCN(C)C)C(=O)c3ccc(C(=O)c4ccccc4)cc3)sc2c1.Cl. The number of benzene rings is 3. The lowest BCUT2D eigenvalue weighted by atomic mass is 10.0. The zero-order valence-corrected chi connectivity index (χ0v) is 21.2. The van der Waals surface area contributed by atoms with Crippen molar-refractivity contribution in [3.05, 3.63) is 95.1 Å². The molecule has 0 saturated heterocycles. The smallest absolute Gasteiger partial charge is 0.260 e. The van der Waals surface area contributed by atoms with Crippen LogP contribution in [0.1, 0.15) is 38.8 Å². The Morgan fingerprint density at radius 3 is 2.15 bits per heavy atom. The summed E-state index contributed by atoms with van der Waals surface area (Å²) in [5.74, 6) is -0.178. The molecule has 0 atom stereocenters. The molecule has 3 aromatic carbocycles. The van der Waals surface area contributed by atoms with Crippen LogP contribution in [-0.4, -0.2) is 48.8 Å². The maximum absolute atomic E-state index is 13.5. The third-order valence-corrected chi connectivity index (χ3v) is 6.57. The molecule has 5 nitrogen and oxygen atoms in total. The quantitative estimate of drug-likeness (QED) is 0.294. The average Bonchev–Trinajstić information content (AvgIpc) is 3.27. The number of fused-ring (bicyclic) bond motifs is 1. The predicted molar refractivity (Wildman–Crippen MR) is 143 cm³/mol. The molecule has 34 heavy (non-hydrogen) atoms. The Labute approximate surface area is 210 Å². The van der Waals surface area contributed by atoms with E-state index in [1.807, 2.05) is 43.3 Å². The van der Waals surface area contributed by atoms with Gasteiger partial charge in [0, 0.05) is 29.8 Å². The molecule has 4 rings (SSSR count). The standard InChI is InChI=1S/C27H27N3O2S.ClH/c1-4-19-10-15-23-24(18-19)33-27(28-23)30(17-16-29(2)3)26(32)22-13-11-21(12-14-22)25(31)20-8-6-5-7-9-20;/h5-15,18H,4,16-17H2,1-3H3;1H. The summed E-state index contributed by atoms with van der Waals surface area (Å²) in [6, 6.07) is 22.3. The third kappa shape index (κ3) is 5.70. The second-order valence-corrected chi connectivity index (χ2v) is 9.19. The zero-order chi connectivity index (χ0) is 23.4. The van der Waals surface area contributed by atoms with Crippen molar-refractivity contribution in [2.45, 2.75) is 13.3 Å². The summed E-state index contributed by atoms with van der Waals surface area (Å²) in [4.78, 5) is 34.7. The van der Waals surface area contributed by atoms with Gasteiger partial charge in [-0.3, -0.25) is 14.5 Å². The van der Waals surface area contributed by atoms with E-state index >= 15 is 0 Å². The molecule has 1 amide bonds. The summed E-state index contributed by atoms with van der Waals surface area (Å²) in [5.41, 5.74) is 3.88. The van der Waals surface area contributed by atoms with E-state index in [2.05, 4.69) is 19.1 Å². The molecule has 176 valence electrons. The largest absolute Gasteiger partial charge is 0.308 e. The first-order chi connectivity index (χ1) is 16.0. The van der Waals surface area contributed by atoms with Crippen molar-refractivity contribution in [1.82, 2.24) is 9.88 Å². The number of aromatic nitrogens is 1. The summed E-state index contributed by atoms with van der Waals surface area (Å²) in [5, 5.41) is 0.689. The Morgan fingerprint density at radius 2 is 1.50 bits per heavy atom. The number of amides is 1. The van der Waals surface area contributed by atoms with Gasteiger partial charge in [-0.2, -0.15) is 0 Å². The summed E-state index contributed by atoms with van der Waals surface area (Å²) >= 11 is 1.54. The number of carbonyl (C=O) groups is 2. The number of thiazole rings is 1. The number of rotatable bonds is 8. The number of ketones is 1. The van der Waals surface area contributed by atoms with Crippen LogP contribution in [0.3, 0.4) is 0 Å². The number of halogens is 1. The van der Waals surface area contributed by atoms with Crippen LogP contribution >= 0.6 is 23.7 Å². The highest BCUT2D eigenvalue weighted by atomic mass is 35.5. The van der Waals surface area contributed by atoms with Crippen LogP contribution in [0.15, 0.2) is 72.8 Å². The molecule has 0 fully saturated rings. The van der Waals surface area contributed by atoms with E-state index in [0.29, 0.717) is 34.9 Å². The first kappa shape index (κ1) is 25.6. The van der Waals surface area contributed by atoms with Gasteiger partial charge in [-0.15, -0.1) is 12.4 Å². The fraction of sp³-hybridized carbons (Fsp3) is 0.222. The van der Waals surface area contributed by atoms with Gasteiger partial charge in [-0.1, -0.05) is 66.8 Å². The number of hydrogen-bond acceptors (Lipinski definition) is 5. The Bertz CT molecular complexity index is 1270. The molecule has 0 saturated carbocycles. The molecule has 0 N–H and O–H groups in total. The molecule has 0 radical (unpaired) electrons. The minimum absolute atomic E-state index is 0. The van der Waals surface area contributed by atoms with Crippen LogP contribution < -0.4 is 4.90 Å². The summed E-state index contributed by atoms with van der Waals surface area (Å²) in [6.07, 6.45) is 0.959. The highest BCUT2D eigenvalue weighted by Gasteiger charge is 2.22. The Kier molecular flexibility index (Phi) is 8.56. The first-order valence-corrected chi connectivity index (χ1v) is 11.8. The van der Waals surface area contributed by atoms with E-state index in [-0.39, 0.29) is 24.1 Å². The molecular weight excluding hydrogens is 466 g/mol. The molecular formula is C27H28ClN3O2S. The summed E-state index contributed by atoms with van der Waals surface area (Å²) in [7, 11) is 3.97. The van der Waals surface area contributed by atoms with E-state index in [9.17, 15) is 9.59 Å². The summed E-state index contributed by atoms with van der Waals surface area (Å²) < 4.78 is 1.08. The van der Waals surface area contributed by atoms with Gasteiger partial charge < -0.3 is 4.90 Å². The minimum Gasteiger partial charge on any atom is -0.308 e. The predicted octanol–water partition coefficient (Wildman–Crippen LogP) is 5.72. The summed E-state index contributed by atoms with van der Waals surface area (Å²) in [6.45, 7) is 3.37. The number of carbonyl (C=O) groups excluding carboxylic acids is 2. The second kappa shape index (κ2) is 11.4. The van der Waals surface area contributed by atoms with Gasteiger partial charge in [0.05, 0.1) is 10.2 Å². The molecule has 1 heterocycles. The minimum atomic E-state index is -0.120. The molecule has 0 bridgehead atoms. The van der Waals surface area contributed by atoms with E-state index in [1.54, 1.807) is 41.3 Å². The molecule has 0 unspecified atom stereocenters. The maximum atomic E-state index is 13.5. The van der Waals surface area contributed by atoms with Gasteiger partial charge in [0.2, 0.25) is 0 Å². The lowest BCUT2D eigenvalue weighted by molar-refractivity contribution is 0.0982. The Morgan fingerprint density at radius 1 is 0.853 bits per heavy atom. The number of aryl methyl sites for hydroxylation is 1. The van der Waals surface area contributed by atoms with Gasteiger partial charge in [0.15, 0.2) is 10.9 Å². The van der Waals surface area contributed by atoms with E-state index in [4.69, 9.17) is 4.98 Å². The normalized spacial score (nSPS) is 10.8. The second-order valence-electron chi connectivity index (χ2n) is 8.18. The van der Waals surface area contributed by atoms with Gasteiger partial charge in [-0.25, -0.2) is 4.98 Å². The average molecular weight is 494 g/mol. The van der Waals surface area contributed by atoms with E-state index in [1.165, 1.54) is 16.9 Å². The Balaban J connectivity index is 0.00000324. The molecule has 1 aromatic heterocycles. The number of likely N-dealkylation sites (N-methyl/N-ethyl adjacent to an activating group) is 1. The fourth-order valence-corrected chi connectivity index (χ4v) is 4.61. The van der Waals surface area contributed by atoms with Crippen molar-refractivity contribution in [2.24, 2.45) is 0 Å². The fourth-order valence-electron chi connectivity index (χ4n) is 3.55. The molecule has 0 aliphatic carbocycles. The number of anilines is 1. The third-order valence-electron chi connectivity index (χ3n) is 5.53. The van der Waals surface area contributed by atoms with Crippen molar-refractivity contribution >= 4 is 50.8 Å². The lowest BCUT2D eigenvalue weighted by Crippen LogP contribution is -2.36. The monoisotopic (exact) mass is 493 g/mol. The van der Waals surface area contributed by atoms with Gasteiger partial charge in [0.1, 0.15) is 0 Å². The topological polar surface area (TPSA) is 53.5 Å². The van der Waals surface area contributed by atoms with Gasteiger partial charge >= 0.3 is 0 Å². The Hall–Kier alpha value is -3.06. The van der Waals surface area contributed by atoms with Crippen molar-refractivity contribution < 1.29 is 9.59 Å². The highest BCUT2D eigenvalue weighted by molar-refractivity contribution is 7.22. The maximum Gasteiger partial charge on any atom is 0.260 e. The molecule has 0 aliphatic heterocycles. The van der Waals surface area contributed by atoms with Crippen LogP contribution in [0.4, 0.5) is 5.13 Å². The van der Waals surface area contributed by atoms with Crippen LogP contribution in [0.5, 0.6) is 0 Å². The highest BCUT2D eigenvalue weighted by Crippen LogP contribution is 2.30. The molecule has 4 aromatic rings. The van der Waals surface area contributed by atoms with Crippen LogP contribution in [0, 0.1) is 0 Å². The molecule has 0 aliphatic rings. The van der Waals surface area contributed by atoms with Crippen LogP contribution in [0.25, 0.3) is 10.2 Å². The zero-order valence-electron chi connectivity index (χ0n) is 19.5. The first-order valence-electron chi connectivity index (χ1n) is 11.0. The lowest BCUT2D eigenvalue weighted by Gasteiger charge is -2.22. The van der Waals surface area contributed by atoms with Crippen molar-refractivity contribution in [3.63, 3.8) is 0 Å².